The van der Waals surface area contributed by atoms with Gasteiger partial charge in [0.2, 0.25) is 11.8 Å². The molecular formula is C19H31N5O4. The highest BCUT2D eigenvalue weighted by atomic mass is 16.6. The van der Waals surface area contributed by atoms with Gasteiger partial charge in [0, 0.05) is 12.8 Å². The van der Waals surface area contributed by atoms with Crippen LogP contribution in [0.4, 0.5) is 0 Å². The molecule has 2 amide bonds. The third kappa shape index (κ3) is 6.08. The third-order valence-corrected chi connectivity index (χ3v) is 5.42. The van der Waals surface area contributed by atoms with Gasteiger partial charge in [0.05, 0.1) is 31.1 Å². The summed E-state index contributed by atoms with van der Waals surface area (Å²) in [5.74, 6) is -1.05. The van der Waals surface area contributed by atoms with Crippen molar-refractivity contribution < 1.29 is 19.4 Å². The molecule has 9 nitrogen and oxygen atoms in total. The van der Waals surface area contributed by atoms with Gasteiger partial charge in [-0.05, 0) is 51.0 Å². The normalized spacial score (nSPS) is 22.1. The molecule has 2 aliphatic rings. The van der Waals surface area contributed by atoms with Crippen molar-refractivity contribution in [1.29, 1.82) is 0 Å². The number of aromatic nitrogens is 3. The second-order valence-electron chi connectivity index (χ2n) is 7.85. The number of amides is 2. The van der Waals surface area contributed by atoms with Crippen molar-refractivity contribution in [1.82, 2.24) is 25.6 Å². The third-order valence-electron chi connectivity index (χ3n) is 5.42. The standard InChI is InChI=1S/C19H31N5O4/c1-2-19(27,28-12-14-6-7-14)13-24-15(11-21-23-24)5-3-4-10-20-16-8-9-17(25)22-18(16)26/h11,14,16,20,27H,2-10,12-13H2,1H3,(H,22,25,26). The molecule has 0 spiro atoms. The number of nitrogens with zero attached hydrogens (tertiary/aromatic N) is 3. The van der Waals surface area contributed by atoms with Crippen LogP contribution >= 0.6 is 0 Å². The maximum atomic E-state index is 11.7. The van der Waals surface area contributed by atoms with Gasteiger partial charge in [-0.2, -0.15) is 0 Å². The molecule has 2 atom stereocenters. The monoisotopic (exact) mass is 393 g/mol. The molecule has 3 N–H and O–H groups in total. The van der Waals surface area contributed by atoms with E-state index < -0.39 is 5.79 Å². The van der Waals surface area contributed by atoms with Crippen molar-refractivity contribution in [3.63, 3.8) is 0 Å². The number of aliphatic hydroxyl groups is 1. The van der Waals surface area contributed by atoms with E-state index in [1.54, 1.807) is 10.9 Å². The minimum absolute atomic E-state index is 0.197. The van der Waals surface area contributed by atoms with Crippen LogP contribution in [-0.4, -0.2) is 56.9 Å². The summed E-state index contributed by atoms with van der Waals surface area (Å²) in [5, 5.41) is 24.4. The molecule has 1 saturated heterocycles. The first kappa shape index (κ1) is 20.9. The zero-order valence-electron chi connectivity index (χ0n) is 16.5. The minimum Gasteiger partial charge on any atom is -0.364 e. The Morgan fingerprint density at radius 2 is 2.18 bits per heavy atom. The van der Waals surface area contributed by atoms with Gasteiger partial charge in [0.15, 0.2) is 5.79 Å². The van der Waals surface area contributed by atoms with E-state index in [0.717, 1.165) is 25.0 Å². The molecule has 156 valence electrons. The van der Waals surface area contributed by atoms with E-state index in [4.69, 9.17) is 4.74 Å². The first-order valence-electron chi connectivity index (χ1n) is 10.3. The summed E-state index contributed by atoms with van der Waals surface area (Å²) >= 11 is 0. The number of hydrogen-bond acceptors (Lipinski definition) is 7. The molecule has 2 heterocycles. The maximum Gasteiger partial charge on any atom is 0.243 e. The van der Waals surface area contributed by atoms with E-state index in [1.165, 1.54) is 12.8 Å². The fourth-order valence-corrected chi connectivity index (χ4v) is 3.25. The van der Waals surface area contributed by atoms with Crippen LogP contribution in [0.25, 0.3) is 0 Å². The molecule has 1 saturated carbocycles. The second-order valence-corrected chi connectivity index (χ2v) is 7.85. The van der Waals surface area contributed by atoms with Crippen LogP contribution in [0.5, 0.6) is 0 Å². The summed E-state index contributed by atoms with van der Waals surface area (Å²) in [6.45, 7) is 3.49. The van der Waals surface area contributed by atoms with Crippen molar-refractivity contribution in [2.24, 2.45) is 5.92 Å². The van der Waals surface area contributed by atoms with Gasteiger partial charge in [-0.3, -0.25) is 14.9 Å². The van der Waals surface area contributed by atoms with Crippen molar-refractivity contribution >= 4 is 11.8 Å². The van der Waals surface area contributed by atoms with Gasteiger partial charge in [-0.1, -0.05) is 12.1 Å². The van der Waals surface area contributed by atoms with E-state index in [1.807, 2.05) is 6.92 Å². The number of aryl methyl sites for hydroxylation is 1. The highest BCUT2D eigenvalue weighted by Crippen LogP contribution is 2.31. The predicted molar refractivity (Wildman–Crippen MR) is 101 cm³/mol. The second kappa shape index (κ2) is 9.58. The van der Waals surface area contributed by atoms with Crippen LogP contribution < -0.4 is 10.6 Å². The topological polar surface area (TPSA) is 118 Å². The zero-order valence-corrected chi connectivity index (χ0v) is 16.5. The molecule has 1 aromatic heterocycles. The van der Waals surface area contributed by atoms with Crippen LogP contribution in [0.15, 0.2) is 6.20 Å². The number of unbranched alkanes of at least 4 members (excludes halogenated alkanes) is 1. The van der Waals surface area contributed by atoms with Crippen molar-refractivity contribution in [3.8, 4) is 0 Å². The summed E-state index contributed by atoms with van der Waals surface area (Å²) in [6.07, 6.45) is 8.10. The van der Waals surface area contributed by atoms with E-state index in [0.29, 0.717) is 38.3 Å². The Bertz CT molecular complexity index is 675. The quantitative estimate of drug-likeness (QED) is 0.269. The molecule has 28 heavy (non-hydrogen) atoms. The predicted octanol–water partition coefficient (Wildman–Crippen LogP) is 0.521. The Morgan fingerprint density at radius 3 is 2.89 bits per heavy atom. The number of imide groups is 1. The first-order valence-corrected chi connectivity index (χ1v) is 10.3. The summed E-state index contributed by atoms with van der Waals surface area (Å²) in [7, 11) is 0. The van der Waals surface area contributed by atoms with Gasteiger partial charge in [0.25, 0.3) is 0 Å². The number of nitrogens with one attached hydrogen (secondary N) is 2. The smallest absolute Gasteiger partial charge is 0.243 e. The molecule has 0 radical (unpaired) electrons. The molecule has 0 bridgehead atoms. The number of ether oxygens (including phenoxy) is 1. The summed E-state index contributed by atoms with van der Waals surface area (Å²) in [6, 6.07) is -0.284. The first-order chi connectivity index (χ1) is 13.5. The van der Waals surface area contributed by atoms with E-state index in [-0.39, 0.29) is 24.4 Å². The fourth-order valence-electron chi connectivity index (χ4n) is 3.25. The highest BCUT2D eigenvalue weighted by Gasteiger charge is 2.31. The highest BCUT2D eigenvalue weighted by molar-refractivity contribution is 6.00. The van der Waals surface area contributed by atoms with Crippen LogP contribution in [-0.2, 0) is 27.3 Å². The molecule has 1 aromatic rings. The number of carbonyl (C=O) groups is 2. The lowest BCUT2D eigenvalue weighted by Crippen LogP contribution is -2.50. The molecule has 2 unspecified atom stereocenters. The van der Waals surface area contributed by atoms with Gasteiger partial charge in [-0.15, -0.1) is 5.10 Å². The molecule has 2 fully saturated rings. The number of rotatable bonds is 12. The summed E-state index contributed by atoms with van der Waals surface area (Å²) < 4.78 is 7.48. The van der Waals surface area contributed by atoms with Crippen LogP contribution in [0.2, 0.25) is 0 Å². The van der Waals surface area contributed by atoms with Gasteiger partial charge < -0.3 is 15.2 Å². The average Bonchev–Trinajstić information content (AvgIpc) is 3.41. The number of hydrogen-bond donors (Lipinski definition) is 3. The van der Waals surface area contributed by atoms with Crippen LogP contribution in [0, 0.1) is 5.92 Å². The lowest BCUT2D eigenvalue weighted by Gasteiger charge is -2.27. The Kier molecular flexibility index (Phi) is 7.14. The van der Waals surface area contributed by atoms with E-state index in [9.17, 15) is 14.7 Å². The molecule has 0 aromatic carbocycles. The van der Waals surface area contributed by atoms with Gasteiger partial charge >= 0.3 is 0 Å². The molecular weight excluding hydrogens is 362 g/mol. The van der Waals surface area contributed by atoms with Crippen molar-refractivity contribution in [2.45, 2.75) is 76.7 Å². The Morgan fingerprint density at radius 1 is 1.36 bits per heavy atom. The van der Waals surface area contributed by atoms with E-state index in [2.05, 4.69) is 20.9 Å². The molecule has 9 heteroatoms. The largest absolute Gasteiger partial charge is 0.364 e. The van der Waals surface area contributed by atoms with Crippen molar-refractivity contribution in [2.75, 3.05) is 13.2 Å². The minimum atomic E-state index is -1.21. The van der Waals surface area contributed by atoms with Crippen LogP contribution in [0.1, 0.15) is 57.6 Å². The van der Waals surface area contributed by atoms with Crippen molar-refractivity contribution in [3.05, 3.63) is 11.9 Å². The molecule has 1 aliphatic carbocycles. The Hall–Kier alpha value is -1.84. The summed E-state index contributed by atoms with van der Waals surface area (Å²) in [4.78, 5) is 22.9. The SMILES string of the molecule is CCC(O)(Cn1nncc1CCCCNC1CCC(=O)NC1=O)OCC1CC1. The molecule has 1 aliphatic heterocycles. The number of carbonyl (C=O) groups excluding carboxylic acids is 2. The number of piperidine rings is 1. The van der Waals surface area contributed by atoms with Crippen LogP contribution in [0.3, 0.4) is 0 Å². The van der Waals surface area contributed by atoms with Gasteiger partial charge in [-0.25, -0.2) is 4.68 Å². The fraction of sp³-hybridized carbons (Fsp3) is 0.789. The van der Waals surface area contributed by atoms with E-state index >= 15 is 0 Å². The Labute approximate surface area is 165 Å². The average molecular weight is 393 g/mol. The zero-order chi connectivity index (χ0) is 20.0. The van der Waals surface area contributed by atoms with Gasteiger partial charge in [0.1, 0.15) is 0 Å². The molecule has 3 rings (SSSR count). The Balaban J connectivity index is 1.39. The lowest BCUT2D eigenvalue weighted by molar-refractivity contribution is -0.217. The lowest BCUT2D eigenvalue weighted by atomic mass is 10.1. The summed E-state index contributed by atoms with van der Waals surface area (Å²) in [5.41, 5.74) is 0.961. The maximum absolute atomic E-state index is 11.7.